The van der Waals surface area contributed by atoms with Crippen molar-refractivity contribution in [1.82, 2.24) is 0 Å². The molecule has 1 aliphatic heterocycles. The summed E-state index contributed by atoms with van der Waals surface area (Å²) in [6.45, 7) is 0.241. The summed E-state index contributed by atoms with van der Waals surface area (Å²) < 4.78 is 16.2. The van der Waals surface area contributed by atoms with Gasteiger partial charge in [0.1, 0.15) is 5.75 Å². The highest BCUT2D eigenvalue weighted by atomic mass is 16.7. The van der Waals surface area contributed by atoms with Gasteiger partial charge in [-0.1, -0.05) is 12.1 Å². The first-order valence-corrected chi connectivity index (χ1v) is 5.82. The van der Waals surface area contributed by atoms with Crippen molar-refractivity contribution >= 4 is 0 Å². The van der Waals surface area contributed by atoms with Gasteiger partial charge in [-0.2, -0.15) is 0 Å². The van der Waals surface area contributed by atoms with Crippen LogP contribution < -0.4 is 4.74 Å². The first-order valence-electron chi connectivity index (χ1n) is 5.82. The number of ether oxygens (including phenoxy) is 3. The summed E-state index contributed by atoms with van der Waals surface area (Å²) in [5.41, 5.74) is 0.198. The van der Waals surface area contributed by atoms with Gasteiger partial charge in [0, 0.05) is 5.56 Å². The molecular weight excluding hydrogens is 236 g/mol. The Morgan fingerprint density at radius 2 is 1.72 bits per heavy atom. The highest BCUT2D eigenvalue weighted by Crippen LogP contribution is 2.31. The SMILES string of the molecule is COc1ccc(C2OCC(CO)(CO)CO2)cc1. The van der Waals surface area contributed by atoms with E-state index in [-0.39, 0.29) is 26.4 Å². The predicted octanol–water partition coefficient (Wildman–Crippen LogP) is 0.712. The lowest BCUT2D eigenvalue weighted by Crippen LogP contribution is -2.44. The van der Waals surface area contributed by atoms with Gasteiger partial charge in [-0.15, -0.1) is 0 Å². The van der Waals surface area contributed by atoms with Gasteiger partial charge in [0.2, 0.25) is 0 Å². The standard InChI is InChI=1S/C13H18O5/c1-16-11-4-2-10(3-5-11)12-17-8-13(6-14,7-15)9-18-12/h2-5,12,14-15H,6-9H2,1H3. The first kappa shape index (κ1) is 13.3. The second kappa shape index (κ2) is 5.67. The van der Waals surface area contributed by atoms with Crippen molar-refractivity contribution in [2.45, 2.75) is 6.29 Å². The monoisotopic (exact) mass is 254 g/mol. The molecule has 1 aliphatic rings. The molecule has 1 saturated heterocycles. The summed E-state index contributed by atoms with van der Waals surface area (Å²) in [5.74, 6) is 0.773. The Kier molecular flexibility index (Phi) is 4.19. The fraction of sp³-hybridized carbons (Fsp3) is 0.538. The molecule has 5 nitrogen and oxygen atoms in total. The third-order valence-corrected chi connectivity index (χ3v) is 3.14. The molecule has 100 valence electrons. The lowest BCUT2D eigenvalue weighted by atomic mass is 9.91. The quantitative estimate of drug-likeness (QED) is 0.828. The highest BCUT2D eigenvalue weighted by Gasteiger charge is 2.36. The molecule has 1 aromatic rings. The molecule has 0 unspecified atom stereocenters. The third-order valence-electron chi connectivity index (χ3n) is 3.14. The minimum absolute atomic E-state index is 0.154. The molecule has 5 heteroatoms. The van der Waals surface area contributed by atoms with Crippen LogP contribution in [-0.2, 0) is 9.47 Å². The van der Waals surface area contributed by atoms with Crippen LogP contribution in [0.5, 0.6) is 5.75 Å². The zero-order chi connectivity index (χ0) is 13.0. The number of rotatable bonds is 4. The van der Waals surface area contributed by atoms with Gasteiger partial charge in [-0.3, -0.25) is 0 Å². The normalized spacial score (nSPS) is 19.7. The molecule has 0 spiro atoms. The predicted molar refractivity (Wildman–Crippen MR) is 64.2 cm³/mol. The van der Waals surface area contributed by atoms with Gasteiger partial charge in [0.25, 0.3) is 0 Å². The van der Waals surface area contributed by atoms with Gasteiger partial charge in [-0.05, 0) is 12.1 Å². The Bertz CT molecular complexity index is 361. The number of hydrogen-bond acceptors (Lipinski definition) is 5. The maximum absolute atomic E-state index is 9.23. The van der Waals surface area contributed by atoms with E-state index < -0.39 is 11.7 Å². The van der Waals surface area contributed by atoms with Gasteiger partial charge >= 0.3 is 0 Å². The van der Waals surface area contributed by atoms with E-state index in [2.05, 4.69) is 0 Å². The minimum atomic E-state index is -0.691. The number of hydrogen-bond donors (Lipinski definition) is 2. The van der Waals surface area contributed by atoms with E-state index >= 15 is 0 Å². The van der Waals surface area contributed by atoms with Crippen LogP contribution in [0.2, 0.25) is 0 Å². The average Bonchev–Trinajstić information content (AvgIpc) is 2.47. The second-order valence-corrected chi connectivity index (χ2v) is 4.54. The van der Waals surface area contributed by atoms with Crippen LogP contribution in [0.3, 0.4) is 0 Å². The molecule has 1 aromatic carbocycles. The van der Waals surface area contributed by atoms with Gasteiger partial charge < -0.3 is 24.4 Å². The Morgan fingerprint density at radius 1 is 1.17 bits per heavy atom. The first-order chi connectivity index (χ1) is 8.73. The minimum Gasteiger partial charge on any atom is -0.497 e. The van der Waals surface area contributed by atoms with Crippen LogP contribution in [0.25, 0.3) is 0 Å². The van der Waals surface area contributed by atoms with E-state index in [4.69, 9.17) is 14.2 Å². The smallest absolute Gasteiger partial charge is 0.183 e. The summed E-state index contributed by atoms with van der Waals surface area (Å²) in [7, 11) is 1.61. The molecule has 2 N–H and O–H groups in total. The van der Waals surface area contributed by atoms with Crippen LogP contribution in [0.4, 0.5) is 0 Å². The van der Waals surface area contributed by atoms with E-state index in [1.54, 1.807) is 7.11 Å². The Hall–Kier alpha value is -1.14. The number of aliphatic hydroxyl groups excluding tert-OH is 2. The van der Waals surface area contributed by atoms with Gasteiger partial charge in [0.15, 0.2) is 6.29 Å². The van der Waals surface area contributed by atoms with E-state index in [1.807, 2.05) is 24.3 Å². The fourth-order valence-corrected chi connectivity index (χ4v) is 1.78. The second-order valence-electron chi connectivity index (χ2n) is 4.54. The molecule has 1 heterocycles. The third kappa shape index (κ3) is 2.64. The van der Waals surface area contributed by atoms with Crippen LogP contribution in [0, 0.1) is 5.41 Å². The topological polar surface area (TPSA) is 68.2 Å². The number of benzene rings is 1. The Labute approximate surface area is 106 Å². The van der Waals surface area contributed by atoms with E-state index in [1.165, 1.54) is 0 Å². The van der Waals surface area contributed by atoms with Crippen molar-refractivity contribution in [2.75, 3.05) is 33.5 Å². The van der Waals surface area contributed by atoms with E-state index in [0.717, 1.165) is 11.3 Å². The maximum atomic E-state index is 9.23. The summed E-state index contributed by atoms with van der Waals surface area (Å²) >= 11 is 0. The summed E-state index contributed by atoms with van der Waals surface area (Å²) in [5, 5.41) is 18.5. The van der Waals surface area contributed by atoms with Crippen LogP contribution in [0.1, 0.15) is 11.9 Å². The van der Waals surface area contributed by atoms with Crippen LogP contribution in [-0.4, -0.2) is 43.8 Å². The van der Waals surface area contributed by atoms with Crippen molar-refractivity contribution in [1.29, 1.82) is 0 Å². The summed E-state index contributed by atoms with van der Waals surface area (Å²) in [4.78, 5) is 0. The zero-order valence-corrected chi connectivity index (χ0v) is 10.3. The van der Waals surface area contributed by atoms with Crippen molar-refractivity contribution in [3.8, 4) is 5.75 Å². The number of methoxy groups -OCH3 is 1. The van der Waals surface area contributed by atoms with Crippen LogP contribution >= 0.6 is 0 Å². The summed E-state index contributed by atoms with van der Waals surface area (Å²) in [6, 6.07) is 7.41. The lowest BCUT2D eigenvalue weighted by Gasteiger charge is -2.37. The number of aliphatic hydroxyl groups is 2. The largest absolute Gasteiger partial charge is 0.497 e. The molecule has 18 heavy (non-hydrogen) atoms. The molecule has 1 fully saturated rings. The lowest BCUT2D eigenvalue weighted by molar-refractivity contribution is -0.248. The van der Waals surface area contributed by atoms with Crippen molar-refractivity contribution in [2.24, 2.45) is 5.41 Å². The Morgan fingerprint density at radius 3 is 2.17 bits per heavy atom. The molecule has 0 radical (unpaired) electrons. The van der Waals surface area contributed by atoms with Gasteiger partial charge in [0.05, 0.1) is 39.0 Å². The molecule has 0 aliphatic carbocycles. The molecule has 0 bridgehead atoms. The van der Waals surface area contributed by atoms with E-state index in [9.17, 15) is 10.2 Å². The molecule has 2 rings (SSSR count). The fourth-order valence-electron chi connectivity index (χ4n) is 1.78. The van der Waals surface area contributed by atoms with Gasteiger partial charge in [-0.25, -0.2) is 0 Å². The molecule has 0 atom stereocenters. The zero-order valence-electron chi connectivity index (χ0n) is 10.3. The Balaban J connectivity index is 2.00. The maximum Gasteiger partial charge on any atom is 0.183 e. The molecule has 0 saturated carbocycles. The van der Waals surface area contributed by atoms with Crippen LogP contribution in [0.15, 0.2) is 24.3 Å². The van der Waals surface area contributed by atoms with E-state index in [0.29, 0.717) is 0 Å². The molecule has 0 amide bonds. The van der Waals surface area contributed by atoms with Crippen molar-refractivity contribution in [3.63, 3.8) is 0 Å². The van der Waals surface area contributed by atoms with Crippen molar-refractivity contribution in [3.05, 3.63) is 29.8 Å². The summed E-state index contributed by atoms with van der Waals surface area (Å²) in [6.07, 6.45) is -0.456. The molecule has 0 aromatic heterocycles. The highest BCUT2D eigenvalue weighted by molar-refractivity contribution is 5.27. The average molecular weight is 254 g/mol. The molecular formula is C13H18O5. The van der Waals surface area contributed by atoms with Crippen molar-refractivity contribution < 1.29 is 24.4 Å².